The van der Waals surface area contributed by atoms with Crippen LogP contribution in [0, 0.1) is 6.92 Å². The molecule has 13 heavy (non-hydrogen) atoms. The van der Waals surface area contributed by atoms with Gasteiger partial charge in [0.05, 0.1) is 0 Å². The molecule has 2 aromatic rings. The van der Waals surface area contributed by atoms with Crippen LogP contribution in [0.15, 0.2) is 29.0 Å². The van der Waals surface area contributed by atoms with Gasteiger partial charge in [-0.15, -0.1) is 0 Å². The number of benzene rings is 1. The molecule has 0 aliphatic rings. The number of aryl methyl sites for hydroxylation is 1. The van der Waals surface area contributed by atoms with E-state index in [0.717, 1.165) is 11.1 Å². The van der Waals surface area contributed by atoms with Crippen LogP contribution in [0.25, 0.3) is 11.1 Å². The molecule has 0 aliphatic carbocycles. The lowest BCUT2D eigenvalue weighted by Gasteiger charge is -1.87. The van der Waals surface area contributed by atoms with Crippen LogP contribution in [0.5, 0.6) is 0 Å². The van der Waals surface area contributed by atoms with Crippen LogP contribution in [0.3, 0.4) is 0 Å². The molecule has 1 aromatic heterocycles. The van der Waals surface area contributed by atoms with Crippen LogP contribution in [-0.2, 0) is 0 Å². The average Bonchev–Trinajstić information content (AvgIpc) is 2.52. The number of rotatable bonds is 0. The van der Waals surface area contributed by atoms with Gasteiger partial charge in [-0.25, -0.2) is 4.98 Å². The largest absolute Gasteiger partial charge is 0.443 e. The summed E-state index contributed by atoms with van der Waals surface area (Å²) >= 11 is 0. The Morgan fingerprint density at radius 3 is 2.69 bits per heavy atom. The van der Waals surface area contributed by atoms with Crippen molar-refractivity contribution >= 4 is 11.1 Å². The summed E-state index contributed by atoms with van der Waals surface area (Å²) in [5, 5.41) is 0. The van der Waals surface area contributed by atoms with Crippen LogP contribution in [-0.4, -0.2) is 4.98 Å². The maximum Gasteiger partial charge on any atom is 0.181 e. The predicted octanol–water partition coefficient (Wildman–Crippen LogP) is 3.55. The van der Waals surface area contributed by atoms with Gasteiger partial charge in [0, 0.05) is 0 Å². The summed E-state index contributed by atoms with van der Waals surface area (Å²) in [5.74, 6) is 0. The first kappa shape index (κ1) is 9.78. The van der Waals surface area contributed by atoms with Gasteiger partial charge >= 0.3 is 0 Å². The maximum atomic E-state index is 5.06. The number of nitrogens with zero attached hydrogens (tertiary/aromatic N) is 1. The van der Waals surface area contributed by atoms with Crippen molar-refractivity contribution in [1.29, 1.82) is 0 Å². The summed E-state index contributed by atoms with van der Waals surface area (Å²) in [5.41, 5.74) is 2.99. The molecule has 2 heteroatoms. The molecule has 0 saturated heterocycles. The summed E-state index contributed by atoms with van der Waals surface area (Å²) in [4.78, 5) is 4.01. The number of hydrogen-bond acceptors (Lipinski definition) is 2. The van der Waals surface area contributed by atoms with Gasteiger partial charge < -0.3 is 4.42 Å². The highest BCUT2D eigenvalue weighted by Gasteiger charge is 1.95. The van der Waals surface area contributed by atoms with Crippen molar-refractivity contribution in [3.8, 4) is 0 Å². The zero-order chi connectivity index (χ0) is 9.68. The highest BCUT2D eigenvalue weighted by atomic mass is 16.3. The summed E-state index contributed by atoms with van der Waals surface area (Å²) in [6.45, 7) is 6.29. The standard InChI is InChI=1S/C8H7NO.C3H8/c1-6-2-3-8-7(4-6)9-5-10-8;1-3-2/h2-5H,1H3;3H2,1-2H3. The van der Waals surface area contributed by atoms with E-state index in [2.05, 4.69) is 18.8 Å². The number of aromatic nitrogens is 1. The maximum absolute atomic E-state index is 5.06. The predicted molar refractivity (Wildman–Crippen MR) is 54.7 cm³/mol. The molecular formula is C11H15NO. The zero-order valence-corrected chi connectivity index (χ0v) is 8.37. The molecular weight excluding hydrogens is 162 g/mol. The SMILES string of the molecule is CCC.Cc1ccc2ocnc2c1. The molecule has 1 heterocycles. The molecule has 0 saturated carbocycles. The quantitative estimate of drug-likeness (QED) is 0.615. The van der Waals surface area contributed by atoms with Crippen molar-refractivity contribution < 1.29 is 4.42 Å². The van der Waals surface area contributed by atoms with Gasteiger partial charge in [0.2, 0.25) is 0 Å². The Bertz CT molecular complexity index is 365. The smallest absolute Gasteiger partial charge is 0.181 e. The van der Waals surface area contributed by atoms with E-state index in [1.54, 1.807) is 0 Å². The Kier molecular flexibility index (Phi) is 3.50. The molecule has 0 unspecified atom stereocenters. The molecule has 0 aliphatic heterocycles. The normalized spacial score (nSPS) is 9.46. The molecule has 1 aromatic carbocycles. The van der Waals surface area contributed by atoms with Crippen molar-refractivity contribution in [2.45, 2.75) is 27.2 Å². The van der Waals surface area contributed by atoms with E-state index in [-0.39, 0.29) is 0 Å². The van der Waals surface area contributed by atoms with Gasteiger partial charge in [0.1, 0.15) is 5.52 Å². The van der Waals surface area contributed by atoms with Gasteiger partial charge in [0.25, 0.3) is 0 Å². The fraction of sp³-hybridized carbons (Fsp3) is 0.364. The Hall–Kier alpha value is -1.31. The summed E-state index contributed by atoms with van der Waals surface area (Å²) < 4.78 is 5.06. The van der Waals surface area contributed by atoms with E-state index < -0.39 is 0 Å². The molecule has 70 valence electrons. The minimum atomic E-state index is 0.852. The first-order valence-corrected chi connectivity index (χ1v) is 4.57. The van der Waals surface area contributed by atoms with Crippen LogP contribution >= 0.6 is 0 Å². The third kappa shape index (κ3) is 2.58. The topological polar surface area (TPSA) is 26.0 Å². The highest BCUT2D eigenvalue weighted by Crippen LogP contribution is 2.12. The number of fused-ring (bicyclic) bond motifs is 1. The minimum absolute atomic E-state index is 0.852. The molecule has 0 N–H and O–H groups in total. The Morgan fingerprint density at radius 2 is 2.00 bits per heavy atom. The van der Waals surface area contributed by atoms with Crippen molar-refractivity contribution in [3.05, 3.63) is 30.2 Å². The number of hydrogen-bond donors (Lipinski definition) is 0. The summed E-state index contributed by atoms with van der Waals surface area (Å²) in [7, 11) is 0. The van der Waals surface area contributed by atoms with Crippen molar-refractivity contribution in [2.75, 3.05) is 0 Å². The third-order valence-electron chi connectivity index (χ3n) is 1.49. The highest BCUT2D eigenvalue weighted by molar-refractivity contribution is 5.72. The molecule has 2 nitrogen and oxygen atoms in total. The zero-order valence-electron chi connectivity index (χ0n) is 8.37. The lowest BCUT2D eigenvalue weighted by Crippen LogP contribution is -1.70. The van der Waals surface area contributed by atoms with E-state index in [4.69, 9.17) is 4.42 Å². The second-order valence-electron chi connectivity index (χ2n) is 3.03. The molecule has 2 rings (SSSR count). The lowest BCUT2D eigenvalue weighted by atomic mass is 10.2. The first-order valence-electron chi connectivity index (χ1n) is 4.57. The fourth-order valence-corrected chi connectivity index (χ4v) is 0.968. The monoisotopic (exact) mass is 177 g/mol. The second kappa shape index (κ2) is 4.65. The van der Waals surface area contributed by atoms with Crippen LogP contribution < -0.4 is 0 Å². The molecule has 0 spiro atoms. The Balaban J connectivity index is 0.000000251. The molecule has 0 atom stereocenters. The molecule has 0 radical (unpaired) electrons. The van der Waals surface area contributed by atoms with E-state index in [9.17, 15) is 0 Å². The Morgan fingerprint density at radius 1 is 1.31 bits per heavy atom. The van der Waals surface area contributed by atoms with Gasteiger partial charge in [-0.2, -0.15) is 0 Å². The molecule has 0 fully saturated rings. The van der Waals surface area contributed by atoms with Gasteiger partial charge in [-0.05, 0) is 24.6 Å². The van der Waals surface area contributed by atoms with Crippen LogP contribution in [0.4, 0.5) is 0 Å². The Labute approximate surface area is 78.6 Å². The summed E-state index contributed by atoms with van der Waals surface area (Å²) in [6.07, 6.45) is 2.71. The molecule has 0 bridgehead atoms. The van der Waals surface area contributed by atoms with Crippen LogP contribution in [0.1, 0.15) is 25.8 Å². The first-order chi connectivity index (χ1) is 6.27. The van der Waals surface area contributed by atoms with E-state index >= 15 is 0 Å². The van der Waals surface area contributed by atoms with Gasteiger partial charge in [-0.3, -0.25) is 0 Å². The van der Waals surface area contributed by atoms with E-state index in [1.165, 1.54) is 18.4 Å². The lowest BCUT2D eigenvalue weighted by molar-refractivity contribution is 0.602. The number of oxazole rings is 1. The third-order valence-corrected chi connectivity index (χ3v) is 1.49. The van der Waals surface area contributed by atoms with Gasteiger partial charge in [0.15, 0.2) is 12.0 Å². The van der Waals surface area contributed by atoms with Crippen molar-refractivity contribution in [1.82, 2.24) is 4.98 Å². The average molecular weight is 177 g/mol. The molecule has 0 amide bonds. The summed E-state index contributed by atoms with van der Waals surface area (Å²) in [6, 6.07) is 5.93. The van der Waals surface area contributed by atoms with Crippen LogP contribution in [0.2, 0.25) is 0 Å². The second-order valence-corrected chi connectivity index (χ2v) is 3.03. The van der Waals surface area contributed by atoms with E-state index in [0.29, 0.717) is 0 Å². The minimum Gasteiger partial charge on any atom is -0.443 e. The van der Waals surface area contributed by atoms with E-state index in [1.807, 2.05) is 25.1 Å². The fourth-order valence-electron chi connectivity index (χ4n) is 0.968. The van der Waals surface area contributed by atoms with Gasteiger partial charge in [-0.1, -0.05) is 26.3 Å². The van der Waals surface area contributed by atoms with Crippen molar-refractivity contribution in [2.24, 2.45) is 0 Å². The van der Waals surface area contributed by atoms with Crippen molar-refractivity contribution in [3.63, 3.8) is 0 Å².